The van der Waals surface area contributed by atoms with Gasteiger partial charge in [0.15, 0.2) is 0 Å². The summed E-state index contributed by atoms with van der Waals surface area (Å²) in [5.74, 6) is -2.47. The lowest BCUT2D eigenvalue weighted by Gasteiger charge is -2.44. The number of alkyl halides is 2. The second-order valence-corrected chi connectivity index (χ2v) is 10.1. The molecule has 1 saturated carbocycles. The molecular formula is C23H28ClF2N3O. The van der Waals surface area contributed by atoms with E-state index in [0.717, 1.165) is 34.5 Å². The minimum atomic E-state index is -2.49. The van der Waals surface area contributed by atoms with Gasteiger partial charge in [-0.2, -0.15) is 0 Å². The molecule has 2 aliphatic heterocycles. The van der Waals surface area contributed by atoms with Crippen LogP contribution in [0, 0.1) is 17.8 Å². The van der Waals surface area contributed by atoms with E-state index < -0.39 is 11.8 Å². The largest absolute Gasteiger partial charge is 0.356 e. The van der Waals surface area contributed by atoms with Crippen LogP contribution in [0.5, 0.6) is 0 Å². The molecule has 0 spiro atoms. The van der Waals surface area contributed by atoms with Gasteiger partial charge in [-0.15, -0.1) is 0 Å². The van der Waals surface area contributed by atoms with Crippen LogP contribution in [0.2, 0.25) is 5.02 Å². The molecular weight excluding hydrogens is 408 g/mol. The maximum Gasteiger partial charge on any atom is 0.252 e. The number of nitrogens with one attached hydrogen (secondary N) is 1. The number of aromatic amines is 1. The van der Waals surface area contributed by atoms with E-state index in [1.165, 1.54) is 5.56 Å². The maximum atomic E-state index is 13.3. The smallest absolute Gasteiger partial charge is 0.252 e. The van der Waals surface area contributed by atoms with Gasteiger partial charge in [-0.3, -0.25) is 4.79 Å². The number of aromatic nitrogens is 1. The molecule has 30 heavy (non-hydrogen) atoms. The summed E-state index contributed by atoms with van der Waals surface area (Å²) in [6.45, 7) is 6.67. The van der Waals surface area contributed by atoms with Gasteiger partial charge in [0, 0.05) is 60.1 Å². The summed E-state index contributed by atoms with van der Waals surface area (Å²) in [6.07, 6.45) is 1.70. The van der Waals surface area contributed by atoms with E-state index in [-0.39, 0.29) is 24.3 Å². The van der Waals surface area contributed by atoms with Crippen LogP contribution >= 0.6 is 11.6 Å². The third-order valence-corrected chi connectivity index (χ3v) is 7.17. The summed E-state index contributed by atoms with van der Waals surface area (Å²) in [4.78, 5) is 20.9. The molecule has 0 bridgehead atoms. The lowest BCUT2D eigenvalue weighted by atomic mass is 9.89. The minimum Gasteiger partial charge on any atom is -0.356 e. The Bertz CT molecular complexity index is 982. The van der Waals surface area contributed by atoms with Crippen molar-refractivity contribution in [1.82, 2.24) is 14.8 Å². The van der Waals surface area contributed by atoms with Crippen LogP contribution in [-0.4, -0.2) is 52.8 Å². The number of H-pyrrole nitrogens is 1. The fraction of sp³-hybridized carbons (Fsp3) is 0.609. The first-order chi connectivity index (χ1) is 14.2. The van der Waals surface area contributed by atoms with E-state index in [1.807, 2.05) is 28.0 Å². The molecule has 4 nitrogen and oxygen atoms in total. The van der Waals surface area contributed by atoms with E-state index in [9.17, 15) is 13.6 Å². The van der Waals surface area contributed by atoms with Gasteiger partial charge in [0.1, 0.15) is 0 Å². The van der Waals surface area contributed by atoms with Crippen LogP contribution < -0.4 is 0 Å². The quantitative estimate of drug-likeness (QED) is 0.727. The zero-order chi connectivity index (χ0) is 21.2. The lowest BCUT2D eigenvalue weighted by molar-refractivity contribution is -0.144. The molecule has 1 saturated heterocycles. The van der Waals surface area contributed by atoms with Crippen molar-refractivity contribution in [3.8, 4) is 0 Å². The summed E-state index contributed by atoms with van der Waals surface area (Å²) in [7, 11) is 0. The van der Waals surface area contributed by atoms with Gasteiger partial charge in [0.05, 0.1) is 12.0 Å². The van der Waals surface area contributed by atoms with E-state index >= 15 is 0 Å². The zero-order valence-electron chi connectivity index (χ0n) is 17.4. The van der Waals surface area contributed by atoms with E-state index in [0.29, 0.717) is 32.1 Å². The first-order valence-corrected chi connectivity index (χ1v) is 11.3. The number of nitrogens with zero attached hydrogens (tertiary/aromatic N) is 2. The molecule has 162 valence electrons. The van der Waals surface area contributed by atoms with Crippen molar-refractivity contribution in [3.63, 3.8) is 0 Å². The molecule has 5 rings (SSSR count). The number of likely N-dealkylation sites (tertiary alicyclic amines) is 1. The average Bonchev–Trinajstić information content (AvgIpc) is 3.08. The highest BCUT2D eigenvalue weighted by molar-refractivity contribution is 6.31. The van der Waals surface area contributed by atoms with Crippen LogP contribution in [0.1, 0.15) is 44.0 Å². The first-order valence-electron chi connectivity index (χ1n) is 10.9. The number of benzene rings is 1. The number of carbonyl (C=O) groups is 1. The standard InChI is InChI=1S/C23H28ClF2N3O/c1-13(2)7-20-21-17(18-8-16(24)3-4-19(18)27-21)5-6-29(20)22(30)14-10-28(11-14)12-15-9-23(15,25)26/h3-4,8,13-15,20,27H,5-7,9-12H2,1-2H3. The van der Waals surface area contributed by atoms with Crippen molar-refractivity contribution in [3.05, 3.63) is 34.5 Å². The Balaban J connectivity index is 1.34. The minimum absolute atomic E-state index is 0.00211. The molecule has 1 aromatic carbocycles. The third-order valence-electron chi connectivity index (χ3n) is 6.93. The highest BCUT2D eigenvalue weighted by Crippen LogP contribution is 2.49. The monoisotopic (exact) mass is 435 g/mol. The van der Waals surface area contributed by atoms with Gasteiger partial charge in [0.25, 0.3) is 5.92 Å². The van der Waals surface area contributed by atoms with Crippen LogP contribution in [-0.2, 0) is 11.2 Å². The van der Waals surface area contributed by atoms with Gasteiger partial charge in [-0.1, -0.05) is 25.4 Å². The Kier molecular flexibility index (Phi) is 4.86. The van der Waals surface area contributed by atoms with Gasteiger partial charge >= 0.3 is 0 Å². The van der Waals surface area contributed by atoms with Crippen molar-refractivity contribution in [1.29, 1.82) is 0 Å². The molecule has 0 radical (unpaired) electrons. The topological polar surface area (TPSA) is 39.3 Å². The summed E-state index contributed by atoms with van der Waals surface area (Å²) in [5, 5.41) is 1.87. The Morgan fingerprint density at radius 1 is 1.33 bits per heavy atom. The number of carbonyl (C=O) groups excluding carboxylic acids is 1. The van der Waals surface area contributed by atoms with Gasteiger partial charge in [0.2, 0.25) is 5.91 Å². The van der Waals surface area contributed by atoms with Crippen LogP contribution in [0.15, 0.2) is 18.2 Å². The van der Waals surface area contributed by atoms with Crippen molar-refractivity contribution in [2.75, 3.05) is 26.2 Å². The van der Waals surface area contributed by atoms with Crippen LogP contribution in [0.4, 0.5) is 8.78 Å². The predicted octanol–water partition coefficient (Wildman–Crippen LogP) is 4.88. The number of hydrogen-bond acceptors (Lipinski definition) is 2. The highest BCUT2D eigenvalue weighted by atomic mass is 35.5. The second-order valence-electron chi connectivity index (χ2n) is 9.71. The van der Waals surface area contributed by atoms with Gasteiger partial charge in [-0.25, -0.2) is 8.78 Å². The Morgan fingerprint density at radius 3 is 2.73 bits per heavy atom. The normalized spacial score (nSPS) is 26.1. The predicted molar refractivity (Wildman–Crippen MR) is 114 cm³/mol. The van der Waals surface area contributed by atoms with Crippen LogP contribution in [0.3, 0.4) is 0 Å². The number of halogens is 3. The zero-order valence-corrected chi connectivity index (χ0v) is 18.2. The second kappa shape index (κ2) is 7.20. The summed E-state index contributed by atoms with van der Waals surface area (Å²) in [5.41, 5.74) is 3.47. The van der Waals surface area contributed by atoms with Gasteiger partial charge in [-0.05, 0) is 42.5 Å². The summed E-state index contributed by atoms with van der Waals surface area (Å²) in [6, 6.07) is 5.92. The molecule has 1 amide bonds. The van der Waals surface area contributed by atoms with Crippen molar-refractivity contribution >= 4 is 28.4 Å². The molecule has 1 aromatic heterocycles. The van der Waals surface area contributed by atoms with Crippen molar-refractivity contribution < 1.29 is 13.6 Å². The fourth-order valence-corrected chi connectivity index (χ4v) is 5.35. The maximum absolute atomic E-state index is 13.3. The molecule has 2 fully saturated rings. The molecule has 7 heteroatoms. The van der Waals surface area contributed by atoms with Crippen molar-refractivity contribution in [2.24, 2.45) is 17.8 Å². The first kappa shape index (κ1) is 20.3. The Labute approximate surface area is 180 Å². The highest BCUT2D eigenvalue weighted by Gasteiger charge is 2.58. The number of hydrogen-bond donors (Lipinski definition) is 1. The SMILES string of the molecule is CC(C)CC1c2[nH]c3ccc(Cl)cc3c2CCN1C(=O)C1CN(CC2CC2(F)F)C1. The molecule has 2 aromatic rings. The Morgan fingerprint density at radius 2 is 2.07 bits per heavy atom. The number of rotatable bonds is 5. The fourth-order valence-electron chi connectivity index (χ4n) is 5.18. The summed E-state index contributed by atoms with van der Waals surface area (Å²) >= 11 is 6.23. The molecule has 3 aliphatic rings. The molecule has 2 unspecified atom stereocenters. The van der Waals surface area contributed by atoms with E-state index in [2.05, 4.69) is 18.8 Å². The van der Waals surface area contributed by atoms with Crippen molar-refractivity contribution in [2.45, 2.75) is 45.1 Å². The third kappa shape index (κ3) is 3.52. The van der Waals surface area contributed by atoms with Crippen LogP contribution in [0.25, 0.3) is 10.9 Å². The molecule has 1 aliphatic carbocycles. The summed E-state index contributed by atoms with van der Waals surface area (Å²) < 4.78 is 26.4. The van der Waals surface area contributed by atoms with E-state index in [1.54, 1.807) is 0 Å². The Hall–Kier alpha value is -1.66. The molecule has 3 heterocycles. The number of amides is 1. The lowest BCUT2D eigenvalue weighted by Crippen LogP contribution is -2.56. The van der Waals surface area contributed by atoms with E-state index in [4.69, 9.17) is 11.6 Å². The molecule has 2 atom stereocenters. The number of fused-ring (bicyclic) bond motifs is 3. The van der Waals surface area contributed by atoms with Gasteiger partial charge < -0.3 is 14.8 Å². The molecule has 1 N–H and O–H groups in total. The average molecular weight is 436 g/mol.